The van der Waals surface area contributed by atoms with Gasteiger partial charge in [-0.3, -0.25) is 9.59 Å². The van der Waals surface area contributed by atoms with Crippen LogP contribution in [0.3, 0.4) is 0 Å². The molecule has 4 N–H and O–H groups in total. The van der Waals surface area contributed by atoms with Gasteiger partial charge in [0.15, 0.2) is 23.0 Å². The zero-order valence-electron chi connectivity index (χ0n) is 35.3. The standard InChI is InChI=1S/C45H63N3O11/c1-6-17-45(24-30-8-7-18-44(2,23-30)27-45)48-43(52)57-26-35(46)41(50)58-33-13-11-32(12-14-33)47-42(51)59-37-16-10-29(22-39(37)55-5)20-34-31(25-56-40(34)49)19-28-9-15-36(53-3)38(21-28)54-4/h9-10,15-16,21-22,30-35H,6-8,11-14,17-20,23-27,46H2,1-5H3,(H,47,51)(H,48,52)/t30?,31-,32-,33-,34+,35-,44?,45?/m1/s1. The third kappa shape index (κ3) is 11.3. The molecule has 1 aliphatic heterocycles. The highest BCUT2D eigenvalue weighted by molar-refractivity contribution is 5.77. The molecule has 2 bridgehead atoms. The number of alkyl carbamates (subject to hydrolysis) is 1. The molecular formula is C45H63N3O11. The van der Waals surface area contributed by atoms with Crippen molar-refractivity contribution in [3.63, 3.8) is 0 Å². The van der Waals surface area contributed by atoms with E-state index < -0.39 is 24.2 Å². The average Bonchev–Trinajstić information content (AvgIpc) is 3.54. The molecule has 1 saturated heterocycles. The van der Waals surface area contributed by atoms with E-state index in [9.17, 15) is 19.2 Å². The summed E-state index contributed by atoms with van der Waals surface area (Å²) in [6, 6.07) is 9.69. The molecule has 2 aromatic carbocycles. The van der Waals surface area contributed by atoms with Crippen molar-refractivity contribution in [1.82, 2.24) is 10.6 Å². The molecule has 3 aliphatic carbocycles. The number of amides is 2. The van der Waals surface area contributed by atoms with Gasteiger partial charge in [-0.15, -0.1) is 0 Å². The van der Waals surface area contributed by atoms with Gasteiger partial charge in [0.1, 0.15) is 18.8 Å². The largest absolute Gasteiger partial charge is 0.493 e. The highest BCUT2D eigenvalue weighted by Gasteiger charge is 2.48. The first-order chi connectivity index (χ1) is 28.3. The molecule has 59 heavy (non-hydrogen) atoms. The number of carbonyl (C=O) groups excluding carboxylic acids is 4. The number of ether oxygens (including phenoxy) is 7. The minimum absolute atomic E-state index is 0.0382. The van der Waals surface area contributed by atoms with Gasteiger partial charge in [-0.1, -0.05) is 45.2 Å². The molecule has 0 spiro atoms. The molecular weight excluding hydrogens is 759 g/mol. The number of carbonyl (C=O) groups is 4. The predicted molar refractivity (Wildman–Crippen MR) is 219 cm³/mol. The van der Waals surface area contributed by atoms with E-state index >= 15 is 0 Å². The molecule has 3 unspecified atom stereocenters. The van der Waals surface area contributed by atoms with Crippen LogP contribution in [0.2, 0.25) is 0 Å². The Morgan fingerprint density at radius 2 is 1.56 bits per heavy atom. The minimum atomic E-state index is -1.10. The third-order valence-electron chi connectivity index (χ3n) is 12.8. The quantitative estimate of drug-likeness (QED) is 0.119. The summed E-state index contributed by atoms with van der Waals surface area (Å²) in [7, 11) is 4.67. The molecule has 1 heterocycles. The van der Waals surface area contributed by atoms with Crippen LogP contribution in [0.5, 0.6) is 23.0 Å². The second-order valence-corrected chi connectivity index (χ2v) is 17.5. The van der Waals surface area contributed by atoms with Crippen LogP contribution in [-0.4, -0.2) is 82.4 Å². The fourth-order valence-corrected chi connectivity index (χ4v) is 10.2. The smallest absolute Gasteiger partial charge is 0.412 e. The Labute approximate surface area is 347 Å². The second kappa shape index (κ2) is 19.6. The van der Waals surface area contributed by atoms with Gasteiger partial charge in [0.2, 0.25) is 0 Å². The lowest BCUT2D eigenvalue weighted by Gasteiger charge is -2.52. The number of rotatable bonds is 16. The summed E-state index contributed by atoms with van der Waals surface area (Å²) in [5, 5.41) is 6.10. The van der Waals surface area contributed by atoms with E-state index in [1.54, 1.807) is 26.4 Å². The summed E-state index contributed by atoms with van der Waals surface area (Å²) < 4.78 is 38.6. The highest BCUT2D eigenvalue weighted by atomic mass is 16.6. The summed E-state index contributed by atoms with van der Waals surface area (Å²) >= 11 is 0. The number of cyclic esters (lactones) is 1. The lowest BCUT2D eigenvalue weighted by atomic mass is 9.56. The number of nitrogens with two attached hydrogens (primary N) is 1. The van der Waals surface area contributed by atoms with Crippen LogP contribution in [0.1, 0.15) is 102 Å². The molecule has 4 fully saturated rings. The Kier molecular flexibility index (Phi) is 14.5. The molecule has 14 heteroatoms. The molecule has 4 aliphatic rings. The van der Waals surface area contributed by atoms with Crippen molar-refractivity contribution in [2.75, 3.05) is 34.5 Å². The van der Waals surface area contributed by atoms with Crippen LogP contribution in [0.4, 0.5) is 9.59 Å². The monoisotopic (exact) mass is 821 g/mol. The number of methoxy groups -OCH3 is 3. The third-order valence-corrected chi connectivity index (χ3v) is 12.8. The highest BCUT2D eigenvalue weighted by Crippen LogP contribution is 2.53. The zero-order valence-corrected chi connectivity index (χ0v) is 35.3. The van der Waals surface area contributed by atoms with Gasteiger partial charge in [0, 0.05) is 17.5 Å². The van der Waals surface area contributed by atoms with Gasteiger partial charge >= 0.3 is 24.1 Å². The summed E-state index contributed by atoms with van der Waals surface area (Å²) in [6.07, 6.45) is 10.3. The van der Waals surface area contributed by atoms with Crippen molar-refractivity contribution in [2.45, 2.75) is 127 Å². The van der Waals surface area contributed by atoms with E-state index in [0.717, 1.165) is 36.8 Å². The average molecular weight is 822 g/mol. The number of esters is 2. The van der Waals surface area contributed by atoms with Crippen LogP contribution in [-0.2, 0) is 36.6 Å². The predicted octanol–water partition coefficient (Wildman–Crippen LogP) is 6.81. The van der Waals surface area contributed by atoms with Gasteiger partial charge in [-0.25, -0.2) is 9.59 Å². The molecule has 0 radical (unpaired) electrons. The molecule has 2 amide bonds. The van der Waals surface area contributed by atoms with Crippen molar-refractivity contribution in [1.29, 1.82) is 0 Å². The number of hydrogen-bond acceptors (Lipinski definition) is 12. The molecule has 2 aromatic rings. The van der Waals surface area contributed by atoms with Gasteiger partial charge in [-0.2, -0.15) is 0 Å². The maximum absolute atomic E-state index is 13.0. The van der Waals surface area contributed by atoms with Crippen molar-refractivity contribution in [2.24, 2.45) is 28.9 Å². The normalized spacial score (nSPS) is 28.0. The summed E-state index contributed by atoms with van der Waals surface area (Å²) in [4.78, 5) is 51.6. The van der Waals surface area contributed by atoms with E-state index in [2.05, 4.69) is 24.5 Å². The summed E-state index contributed by atoms with van der Waals surface area (Å²) in [6.45, 7) is 4.53. The molecule has 0 aromatic heterocycles. The topological polar surface area (TPSA) is 183 Å². The number of nitrogens with one attached hydrogen (secondary N) is 2. The summed E-state index contributed by atoms with van der Waals surface area (Å²) in [5.74, 6) is 1.21. The Bertz CT molecular complexity index is 1800. The van der Waals surface area contributed by atoms with Gasteiger partial charge in [0.25, 0.3) is 0 Å². The number of benzene rings is 2. The number of hydrogen-bond donors (Lipinski definition) is 3. The molecule has 6 atom stereocenters. The van der Waals surface area contributed by atoms with E-state index in [0.29, 0.717) is 68.3 Å². The maximum atomic E-state index is 13.0. The first kappa shape index (κ1) is 43.8. The zero-order chi connectivity index (χ0) is 42.2. The Morgan fingerprint density at radius 1 is 0.881 bits per heavy atom. The van der Waals surface area contributed by atoms with Gasteiger partial charge in [-0.05, 0) is 117 Å². The lowest BCUT2D eigenvalue weighted by Crippen LogP contribution is -2.56. The molecule has 6 rings (SSSR count). The van der Waals surface area contributed by atoms with Crippen molar-refractivity contribution >= 4 is 24.1 Å². The lowest BCUT2D eigenvalue weighted by molar-refractivity contribution is -0.153. The van der Waals surface area contributed by atoms with Crippen molar-refractivity contribution in [3.8, 4) is 23.0 Å². The maximum Gasteiger partial charge on any atom is 0.412 e. The SMILES string of the molecule is CCCC1(NC(=O)OC[C@@H](N)C(=O)O[C@H]2CC[C@H](NC(=O)Oc3ccc(C[C@@H]4C(=O)OC[C@H]4Cc4ccc(OC)c(OC)c4)cc3OC)CC2)CC2CCCC(C)(C2)C1. The fraction of sp³-hybridized carbons (Fsp3) is 0.644. The van der Waals surface area contributed by atoms with E-state index in [4.69, 9.17) is 38.9 Å². The van der Waals surface area contributed by atoms with Crippen LogP contribution >= 0.6 is 0 Å². The van der Waals surface area contributed by atoms with Crippen molar-refractivity contribution in [3.05, 3.63) is 47.5 Å². The van der Waals surface area contributed by atoms with E-state index in [1.165, 1.54) is 32.8 Å². The van der Waals surface area contributed by atoms with E-state index in [1.807, 2.05) is 24.3 Å². The molecule has 324 valence electrons. The first-order valence-electron chi connectivity index (χ1n) is 21.3. The molecule has 14 nitrogen and oxygen atoms in total. The Balaban J connectivity index is 0.921. The fourth-order valence-electron chi connectivity index (χ4n) is 10.2. The van der Waals surface area contributed by atoms with E-state index in [-0.39, 0.29) is 53.3 Å². The molecule has 3 saturated carbocycles. The van der Waals surface area contributed by atoms with Crippen molar-refractivity contribution < 1.29 is 52.3 Å². The Morgan fingerprint density at radius 3 is 2.24 bits per heavy atom. The van der Waals surface area contributed by atoms with Crippen LogP contribution in [0.15, 0.2) is 36.4 Å². The van der Waals surface area contributed by atoms with Crippen LogP contribution in [0, 0.1) is 23.2 Å². The summed E-state index contributed by atoms with van der Waals surface area (Å²) in [5.41, 5.74) is 7.90. The van der Waals surface area contributed by atoms with Crippen LogP contribution < -0.4 is 35.3 Å². The Hall–Kier alpha value is -4.72. The second-order valence-electron chi connectivity index (χ2n) is 17.5. The van der Waals surface area contributed by atoms with Crippen LogP contribution in [0.25, 0.3) is 0 Å². The van der Waals surface area contributed by atoms with Gasteiger partial charge < -0.3 is 49.5 Å². The number of fused-ring (bicyclic) bond motifs is 2. The first-order valence-corrected chi connectivity index (χ1v) is 21.3. The minimum Gasteiger partial charge on any atom is -0.493 e. The van der Waals surface area contributed by atoms with Gasteiger partial charge in [0.05, 0.1) is 33.9 Å².